The average molecular weight is 291 g/mol. The van der Waals surface area contributed by atoms with Crippen molar-refractivity contribution >= 4 is 11.7 Å². The first-order chi connectivity index (χ1) is 10.0. The summed E-state index contributed by atoms with van der Waals surface area (Å²) in [5, 5.41) is 2.67. The molecule has 1 amide bonds. The van der Waals surface area contributed by atoms with Crippen LogP contribution in [0.4, 0.5) is 0 Å². The van der Waals surface area contributed by atoms with Gasteiger partial charge in [-0.25, -0.2) is 0 Å². The number of nitrogens with zero attached hydrogens (tertiary/aromatic N) is 2. The summed E-state index contributed by atoms with van der Waals surface area (Å²) in [4.78, 5) is 27.0. The van der Waals surface area contributed by atoms with Crippen molar-refractivity contribution in [3.05, 3.63) is 12.2 Å². The standard InChI is InChI=1S/C16H25N3O2/c1-4-16(21)17-7-9-19-12-10-18(11-13-19)8-5-6-15(20)14(2)3/h1,5-6,14H,7-13H2,2-3H3,(H,17,21)/b6-5+. The van der Waals surface area contributed by atoms with Gasteiger partial charge < -0.3 is 5.32 Å². The van der Waals surface area contributed by atoms with Gasteiger partial charge in [0.25, 0.3) is 5.91 Å². The van der Waals surface area contributed by atoms with Crippen molar-refractivity contribution in [1.82, 2.24) is 15.1 Å². The number of amides is 1. The average Bonchev–Trinajstić information content (AvgIpc) is 2.48. The van der Waals surface area contributed by atoms with Crippen LogP contribution >= 0.6 is 0 Å². The molecule has 1 aliphatic heterocycles. The summed E-state index contributed by atoms with van der Waals surface area (Å²) in [6, 6.07) is 0. The van der Waals surface area contributed by atoms with Crippen molar-refractivity contribution in [3.63, 3.8) is 0 Å². The highest BCUT2D eigenvalue weighted by atomic mass is 16.1. The van der Waals surface area contributed by atoms with E-state index in [2.05, 4.69) is 15.1 Å². The Morgan fingerprint density at radius 2 is 1.86 bits per heavy atom. The molecule has 1 N–H and O–H groups in total. The summed E-state index contributed by atoms with van der Waals surface area (Å²) in [7, 11) is 0. The van der Waals surface area contributed by atoms with Gasteiger partial charge in [-0.2, -0.15) is 0 Å². The number of carbonyl (C=O) groups is 2. The molecular weight excluding hydrogens is 266 g/mol. The number of nitrogens with one attached hydrogen (secondary N) is 1. The molecule has 0 bridgehead atoms. The number of carbonyl (C=O) groups excluding carboxylic acids is 2. The van der Waals surface area contributed by atoms with Crippen LogP contribution in [-0.2, 0) is 9.59 Å². The van der Waals surface area contributed by atoms with E-state index in [0.29, 0.717) is 6.54 Å². The van der Waals surface area contributed by atoms with Crippen molar-refractivity contribution in [1.29, 1.82) is 0 Å². The van der Waals surface area contributed by atoms with Crippen molar-refractivity contribution in [2.75, 3.05) is 45.8 Å². The van der Waals surface area contributed by atoms with Crippen molar-refractivity contribution < 1.29 is 9.59 Å². The molecule has 0 aromatic rings. The van der Waals surface area contributed by atoms with Gasteiger partial charge in [-0.3, -0.25) is 19.4 Å². The van der Waals surface area contributed by atoms with Gasteiger partial charge in [-0.15, -0.1) is 6.42 Å². The Kier molecular flexibility index (Phi) is 7.73. The van der Waals surface area contributed by atoms with Gasteiger partial charge in [0, 0.05) is 51.7 Å². The Labute approximate surface area is 127 Å². The molecule has 0 aromatic heterocycles. The SMILES string of the molecule is C#CC(=O)NCCN1CCN(C/C=C/C(=O)C(C)C)CC1. The highest BCUT2D eigenvalue weighted by molar-refractivity contribution is 5.92. The smallest absolute Gasteiger partial charge is 0.295 e. The number of hydrogen-bond donors (Lipinski definition) is 1. The van der Waals surface area contributed by atoms with Gasteiger partial charge in [-0.1, -0.05) is 19.9 Å². The summed E-state index contributed by atoms with van der Waals surface area (Å²) in [6.45, 7) is 9.94. The van der Waals surface area contributed by atoms with Crippen LogP contribution in [0.2, 0.25) is 0 Å². The third-order valence-electron chi connectivity index (χ3n) is 3.52. The van der Waals surface area contributed by atoms with Crippen LogP contribution < -0.4 is 5.32 Å². The van der Waals surface area contributed by atoms with Gasteiger partial charge in [0.05, 0.1) is 0 Å². The molecule has 0 spiro atoms. The zero-order chi connectivity index (χ0) is 15.7. The van der Waals surface area contributed by atoms with E-state index in [1.54, 1.807) is 6.08 Å². The normalized spacial score (nSPS) is 17.0. The topological polar surface area (TPSA) is 52.7 Å². The summed E-state index contributed by atoms with van der Waals surface area (Å²) < 4.78 is 0. The quantitative estimate of drug-likeness (QED) is 0.535. The van der Waals surface area contributed by atoms with E-state index in [-0.39, 0.29) is 17.6 Å². The maximum Gasteiger partial charge on any atom is 0.295 e. The third kappa shape index (κ3) is 7.07. The molecule has 0 radical (unpaired) electrons. The van der Waals surface area contributed by atoms with Crippen LogP contribution in [0.1, 0.15) is 13.8 Å². The molecule has 21 heavy (non-hydrogen) atoms. The Morgan fingerprint density at radius 3 is 2.43 bits per heavy atom. The van der Waals surface area contributed by atoms with Gasteiger partial charge in [0.1, 0.15) is 0 Å². The Morgan fingerprint density at radius 1 is 1.24 bits per heavy atom. The second kappa shape index (κ2) is 9.32. The highest BCUT2D eigenvalue weighted by Gasteiger charge is 2.15. The first-order valence-corrected chi connectivity index (χ1v) is 7.42. The molecule has 0 aromatic carbocycles. The lowest BCUT2D eigenvalue weighted by molar-refractivity contribution is -0.117. The highest BCUT2D eigenvalue weighted by Crippen LogP contribution is 2.02. The minimum absolute atomic E-state index is 0.0660. The number of rotatable bonds is 7. The summed E-state index contributed by atoms with van der Waals surface area (Å²) in [5.41, 5.74) is 0. The van der Waals surface area contributed by atoms with Crippen molar-refractivity contribution in [3.8, 4) is 12.3 Å². The Hall–Kier alpha value is -1.64. The second-order valence-electron chi connectivity index (χ2n) is 5.50. The van der Waals surface area contributed by atoms with Crippen LogP contribution in [0.25, 0.3) is 0 Å². The molecule has 0 atom stereocenters. The van der Waals surface area contributed by atoms with Gasteiger partial charge in [0.15, 0.2) is 5.78 Å². The second-order valence-corrected chi connectivity index (χ2v) is 5.50. The fourth-order valence-corrected chi connectivity index (χ4v) is 2.08. The predicted octanol–water partition coefficient (Wildman–Crippen LogP) is 0.135. The van der Waals surface area contributed by atoms with Crippen LogP contribution in [0.5, 0.6) is 0 Å². The molecule has 1 aliphatic rings. The minimum Gasteiger partial charge on any atom is -0.344 e. The molecule has 5 heteroatoms. The molecule has 1 fully saturated rings. The number of allylic oxidation sites excluding steroid dienone is 1. The van der Waals surface area contributed by atoms with Crippen molar-refractivity contribution in [2.45, 2.75) is 13.8 Å². The zero-order valence-corrected chi connectivity index (χ0v) is 13.0. The van der Waals surface area contributed by atoms with E-state index in [1.165, 1.54) is 0 Å². The van der Waals surface area contributed by atoms with E-state index in [0.717, 1.165) is 39.3 Å². The van der Waals surface area contributed by atoms with Crippen LogP contribution in [0, 0.1) is 18.3 Å². The maximum absolute atomic E-state index is 11.5. The van der Waals surface area contributed by atoms with E-state index >= 15 is 0 Å². The third-order valence-corrected chi connectivity index (χ3v) is 3.52. The zero-order valence-electron chi connectivity index (χ0n) is 13.0. The van der Waals surface area contributed by atoms with E-state index in [1.807, 2.05) is 25.8 Å². The number of hydrogen-bond acceptors (Lipinski definition) is 4. The summed E-state index contributed by atoms with van der Waals surface area (Å²) in [6.07, 6.45) is 8.62. The van der Waals surface area contributed by atoms with Gasteiger partial charge in [0.2, 0.25) is 0 Å². The van der Waals surface area contributed by atoms with E-state index in [9.17, 15) is 9.59 Å². The Bertz CT molecular complexity index is 416. The lowest BCUT2D eigenvalue weighted by Gasteiger charge is -2.34. The number of piperazine rings is 1. The monoisotopic (exact) mass is 291 g/mol. The maximum atomic E-state index is 11.5. The van der Waals surface area contributed by atoms with E-state index < -0.39 is 0 Å². The van der Waals surface area contributed by atoms with Crippen LogP contribution in [-0.4, -0.2) is 67.3 Å². The summed E-state index contributed by atoms with van der Waals surface area (Å²) >= 11 is 0. The predicted molar refractivity (Wildman–Crippen MR) is 83.7 cm³/mol. The molecule has 0 unspecified atom stereocenters. The molecule has 5 nitrogen and oxygen atoms in total. The fourth-order valence-electron chi connectivity index (χ4n) is 2.08. The fraction of sp³-hybridized carbons (Fsp3) is 0.625. The van der Waals surface area contributed by atoms with Gasteiger partial charge >= 0.3 is 0 Å². The number of terminal acetylenes is 1. The van der Waals surface area contributed by atoms with Crippen LogP contribution in [0.15, 0.2) is 12.2 Å². The number of ketones is 1. The summed E-state index contributed by atoms with van der Waals surface area (Å²) in [5.74, 6) is 1.93. The first-order valence-electron chi connectivity index (χ1n) is 7.42. The first kappa shape index (κ1) is 17.4. The molecule has 1 heterocycles. The largest absolute Gasteiger partial charge is 0.344 e. The molecule has 1 saturated heterocycles. The lowest BCUT2D eigenvalue weighted by Crippen LogP contribution is -2.48. The molecular formula is C16H25N3O2. The molecule has 116 valence electrons. The molecule has 0 saturated carbocycles. The lowest BCUT2D eigenvalue weighted by atomic mass is 10.1. The van der Waals surface area contributed by atoms with Gasteiger partial charge in [-0.05, 0) is 12.0 Å². The van der Waals surface area contributed by atoms with Crippen LogP contribution in [0.3, 0.4) is 0 Å². The molecule has 1 rings (SSSR count). The molecule has 0 aliphatic carbocycles. The van der Waals surface area contributed by atoms with Crippen molar-refractivity contribution in [2.24, 2.45) is 5.92 Å². The Balaban J connectivity index is 2.16. The van der Waals surface area contributed by atoms with E-state index in [4.69, 9.17) is 6.42 Å². The minimum atomic E-state index is -0.353.